The minimum atomic E-state index is -0.00652. The number of para-hydroxylation sites is 2. The molecule has 31 heavy (non-hydrogen) atoms. The maximum atomic E-state index is 13.3. The molecule has 0 aliphatic rings. The molecule has 1 aromatic heterocycles. The topological polar surface area (TPSA) is 42.0 Å². The Morgan fingerprint density at radius 1 is 0.839 bits per heavy atom. The molecule has 3 aromatic carbocycles. The second-order valence-corrected chi connectivity index (χ2v) is 7.82. The fraction of sp³-hybridized carbons (Fsp3) is 0.214. The van der Waals surface area contributed by atoms with Gasteiger partial charge in [-0.2, -0.15) is 0 Å². The molecule has 4 aromatic rings. The van der Waals surface area contributed by atoms with Crippen LogP contribution in [0.1, 0.15) is 36.2 Å². The van der Waals surface area contributed by atoms with Crippen LogP contribution in [-0.2, 0) is 24.1 Å². The molecule has 0 saturated carbocycles. The fourth-order valence-electron chi connectivity index (χ4n) is 4.27. The molecule has 0 spiro atoms. The summed E-state index contributed by atoms with van der Waals surface area (Å²) in [4.78, 5) is 18.1. The summed E-state index contributed by atoms with van der Waals surface area (Å²) in [7, 11) is 0. The smallest absolute Gasteiger partial charge is 0.228 e. The van der Waals surface area contributed by atoms with Crippen molar-refractivity contribution in [3.05, 3.63) is 95.2 Å². The number of anilines is 1. The number of nitrogens with one attached hydrogen (secondary N) is 1. The van der Waals surface area contributed by atoms with Crippen LogP contribution in [0.4, 0.5) is 5.69 Å². The van der Waals surface area contributed by atoms with E-state index in [4.69, 9.17) is 4.98 Å². The van der Waals surface area contributed by atoms with Crippen molar-refractivity contribution >= 4 is 22.5 Å². The molecule has 1 N–H and O–H groups in total. The van der Waals surface area contributed by atoms with Gasteiger partial charge in [0.15, 0.2) is 0 Å². The zero-order valence-electron chi connectivity index (χ0n) is 18.4. The maximum absolute atomic E-state index is 13.3. The quantitative estimate of drug-likeness (QED) is 0.395. The first-order valence-corrected chi connectivity index (χ1v) is 11.0. The van der Waals surface area contributed by atoms with Crippen molar-refractivity contribution in [2.75, 3.05) is 5.32 Å². The first-order valence-electron chi connectivity index (χ1n) is 11.0. The van der Waals surface area contributed by atoms with E-state index < -0.39 is 0 Å². The lowest BCUT2D eigenvalue weighted by atomic mass is 9.92. The SMILES string of the molecule is CCc1cccc(CC)c1NC(=O)Cc1c(C)nc2ccccc2c1-c1ccccc1. The van der Waals surface area contributed by atoms with Crippen molar-refractivity contribution < 1.29 is 4.79 Å². The number of carbonyl (C=O) groups is 1. The van der Waals surface area contributed by atoms with Gasteiger partial charge in [0.25, 0.3) is 0 Å². The van der Waals surface area contributed by atoms with E-state index in [1.807, 2.05) is 43.3 Å². The van der Waals surface area contributed by atoms with Crippen LogP contribution in [0, 0.1) is 6.92 Å². The molecular weight excluding hydrogens is 380 g/mol. The van der Waals surface area contributed by atoms with Crippen molar-refractivity contribution in [2.24, 2.45) is 0 Å². The maximum Gasteiger partial charge on any atom is 0.228 e. The summed E-state index contributed by atoms with van der Waals surface area (Å²) >= 11 is 0. The second kappa shape index (κ2) is 9.13. The molecule has 4 rings (SSSR count). The summed E-state index contributed by atoms with van der Waals surface area (Å²) in [6, 6.07) is 24.7. The lowest BCUT2D eigenvalue weighted by Crippen LogP contribution is -2.18. The molecule has 156 valence electrons. The number of rotatable bonds is 6. The van der Waals surface area contributed by atoms with Gasteiger partial charge in [0, 0.05) is 16.8 Å². The number of hydrogen-bond donors (Lipinski definition) is 1. The number of amides is 1. The third-order valence-corrected chi connectivity index (χ3v) is 5.86. The van der Waals surface area contributed by atoms with E-state index in [0.717, 1.165) is 51.8 Å². The molecule has 3 heteroatoms. The number of nitrogens with zero attached hydrogens (tertiary/aromatic N) is 1. The summed E-state index contributed by atoms with van der Waals surface area (Å²) < 4.78 is 0. The third kappa shape index (κ3) is 4.22. The van der Waals surface area contributed by atoms with E-state index >= 15 is 0 Å². The summed E-state index contributed by atoms with van der Waals surface area (Å²) in [6.07, 6.45) is 2.06. The number of fused-ring (bicyclic) bond motifs is 1. The Kier molecular flexibility index (Phi) is 6.13. The third-order valence-electron chi connectivity index (χ3n) is 5.86. The second-order valence-electron chi connectivity index (χ2n) is 7.82. The Labute approximate surface area is 184 Å². The summed E-state index contributed by atoms with van der Waals surface area (Å²) in [6.45, 7) is 6.24. The van der Waals surface area contributed by atoms with Crippen LogP contribution in [0.25, 0.3) is 22.0 Å². The average molecular weight is 409 g/mol. The molecule has 0 aliphatic heterocycles. The Morgan fingerprint density at radius 3 is 2.16 bits per heavy atom. The van der Waals surface area contributed by atoms with Gasteiger partial charge in [-0.05, 0) is 53.6 Å². The molecule has 0 radical (unpaired) electrons. The molecular formula is C28H28N2O. The van der Waals surface area contributed by atoms with E-state index in [-0.39, 0.29) is 12.3 Å². The van der Waals surface area contributed by atoms with Crippen molar-refractivity contribution in [3.63, 3.8) is 0 Å². The Balaban J connectivity index is 1.78. The summed E-state index contributed by atoms with van der Waals surface area (Å²) in [5.74, 6) is -0.00652. The Morgan fingerprint density at radius 2 is 1.48 bits per heavy atom. The standard InChI is InChI=1S/C28H28N2O/c1-4-20-14-11-15-21(5-2)28(20)30-26(31)18-24-19(3)29-25-17-10-9-16-23(25)27(24)22-12-7-6-8-13-22/h6-17H,4-5,18H2,1-3H3,(H,30,31). The normalized spacial score (nSPS) is 10.9. The highest BCUT2D eigenvalue weighted by molar-refractivity contribution is 6.00. The van der Waals surface area contributed by atoms with Gasteiger partial charge in [0.1, 0.15) is 0 Å². The van der Waals surface area contributed by atoms with Crippen molar-refractivity contribution in [1.29, 1.82) is 0 Å². The van der Waals surface area contributed by atoms with Crippen LogP contribution in [0.15, 0.2) is 72.8 Å². The van der Waals surface area contributed by atoms with Crippen molar-refractivity contribution in [3.8, 4) is 11.1 Å². The zero-order valence-corrected chi connectivity index (χ0v) is 18.4. The molecule has 0 unspecified atom stereocenters. The molecule has 0 atom stereocenters. The van der Waals surface area contributed by atoms with Crippen LogP contribution in [-0.4, -0.2) is 10.9 Å². The first-order chi connectivity index (χ1) is 15.1. The number of benzene rings is 3. The van der Waals surface area contributed by atoms with Gasteiger partial charge in [0.05, 0.1) is 11.9 Å². The van der Waals surface area contributed by atoms with Gasteiger partial charge < -0.3 is 5.32 Å². The Hall–Kier alpha value is -3.46. The predicted octanol–water partition coefficient (Wildman–Crippen LogP) is 6.52. The van der Waals surface area contributed by atoms with E-state index in [9.17, 15) is 4.79 Å². The van der Waals surface area contributed by atoms with Crippen molar-refractivity contribution in [1.82, 2.24) is 4.98 Å². The number of pyridine rings is 1. The van der Waals surface area contributed by atoms with Crippen LogP contribution < -0.4 is 5.32 Å². The predicted molar refractivity (Wildman–Crippen MR) is 129 cm³/mol. The average Bonchev–Trinajstić information content (AvgIpc) is 2.80. The highest BCUT2D eigenvalue weighted by Crippen LogP contribution is 2.33. The Bertz CT molecular complexity index is 1210. The van der Waals surface area contributed by atoms with Crippen LogP contribution in [0.2, 0.25) is 0 Å². The monoisotopic (exact) mass is 408 g/mol. The lowest BCUT2D eigenvalue weighted by Gasteiger charge is -2.18. The van der Waals surface area contributed by atoms with E-state index in [1.54, 1.807) is 0 Å². The van der Waals surface area contributed by atoms with E-state index in [2.05, 4.69) is 55.6 Å². The summed E-state index contributed by atoms with van der Waals surface area (Å²) in [5, 5.41) is 4.29. The van der Waals surface area contributed by atoms with E-state index in [0.29, 0.717) is 0 Å². The van der Waals surface area contributed by atoms with E-state index in [1.165, 1.54) is 11.1 Å². The fourth-order valence-corrected chi connectivity index (χ4v) is 4.27. The molecule has 1 amide bonds. The number of aryl methyl sites for hydroxylation is 3. The molecule has 0 aliphatic carbocycles. The largest absolute Gasteiger partial charge is 0.325 e. The highest BCUT2D eigenvalue weighted by atomic mass is 16.1. The molecule has 3 nitrogen and oxygen atoms in total. The van der Waals surface area contributed by atoms with Crippen molar-refractivity contribution in [2.45, 2.75) is 40.0 Å². The van der Waals surface area contributed by atoms with Gasteiger partial charge in [-0.25, -0.2) is 0 Å². The highest BCUT2D eigenvalue weighted by Gasteiger charge is 2.18. The van der Waals surface area contributed by atoms with Crippen LogP contribution in [0.3, 0.4) is 0 Å². The first kappa shape index (κ1) is 20.8. The molecule has 0 bridgehead atoms. The molecule has 1 heterocycles. The van der Waals surface area contributed by atoms with Gasteiger partial charge >= 0.3 is 0 Å². The minimum absolute atomic E-state index is 0.00652. The number of hydrogen-bond acceptors (Lipinski definition) is 2. The van der Waals surface area contributed by atoms with Gasteiger partial charge in [0.2, 0.25) is 5.91 Å². The zero-order chi connectivity index (χ0) is 21.8. The number of aromatic nitrogens is 1. The number of carbonyl (C=O) groups excluding carboxylic acids is 1. The van der Waals surface area contributed by atoms with Crippen LogP contribution in [0.5, 0.6) is 0 Å². The lowest BCUT2D eigenvalue weighted by molar-refractivity contribution is -0.115. The van der Waals surface area contributed by atoms with Crippen LogP contribution >= 0.6 is 0 Å². The summed E-state index contributed by atoms with van der Waals surface area (Å²) in [5.41, 5.74) is 8.33. The molecule has 0 saturated heterocycles. The van der Waals surface area contributed by atoms with Gasteiger partial charge in [-0.15, -0.1) is 0 Å². The van der Waals surface area contributed by atoms with Gasteiger partial charge in [-0.3, -0.25) is 9.78 Å². The van der Waals surface area contributed by atoms with Gasteiger partial charge in [-0.1, -0.05) is 80.6 Å². The minimum Gasteiger partial charge on any atom is -0.325 e. The molecule has 0 fully saturated rings.